The van der Waals surface area contributed by atoms with Crippen LogP contribution in [0.4, 0.5) is 4.39 Å². The lowest BCUT2D eigenvalue weighted by Gasteiger charge is -2.03. The minimum Gasteiger partial charge on any atom is -0.478 e. The molecule has 1 N–H and O–H groups in total. The second-order valence-corrected chi connectivity index (χ2v) is 5.89. The lowest BCUT2D eigenvalue weighted by molar-refractivity contribution is 0.0692. The summed E-state index contributed by atoms with van der Waals surface area (Å²) in [5.41, 5.74) is -0.703. The van der Waals surface area contributed by atoms with E-state index in [-0.39, 0.29) is 4.47 Å². The van der Waals surface area contributed by atoms with Crippen LogP contribution in [0.1, 0.15) is 10.4 Å². The Morgan fingerprint density at radius 1 is 1.47 bits per heavy atom. The van der Waals surface area contributed by atoms with Crippen molar-refractivity contribution in [3.8, 4) is 0 Å². The molecule has 0 aliphatic carbocycles. The van der Waals surface area contributed by atoms with E-state index in [1.165, 1.54) is 0 Å². The van der Waals surface area contributed by atoms with Gasteiger partial charge in [-0.25, -0.2) is 17.6 Å². The molecule has 0 spiro atoms. The van der Waals surface area contributed by atoms with Crippen LogP contribution in [0.5, 0.6) is 0 Å². The van der Waals surface area contributed by atoms with E-state index in [9.17, 15) is 17.6 Å². The first-order valence-corrected chi connectivity index (χ1v) is 6.50. The maximum absolute atomic E-state index is 13.0. The number of hydrogen-bond acceptors (Lipinski definition) is 3. The Morgan fingerprint density at radius 2 is 2.00 bits per heavy atom. The van der Waals surface area contributed by atoms with Crippen LogP contribution in [-0.4, -0.2) is 19.5 Å². The summed E-state index contributed by atoms with van der Waals surface area (Å²) >= 11 is 2.73. The molecule has 0 amide bonds. The van der Waals surface area contributed by atoms with Gasteiger partial charge in [0, 0.05) is 10.7 Å². The molecular formula is C7H3BrClFO4S. The molecule has 0 atom stereocenters. The Hall–Kier alpha value is -0.660. The summed E-state index contributed by atoms with van der Waals surface area (Å²) in [7, 11) is 0.775. The van der Waals surface area contributed by atoms with Gasteiger partial charge in [0.25, 0.3) is 9.05 Å². The highest BCUT2D eigenvalue weighted by molar-refractivity contribution is 9.10. The van der Waals surface area contributed by atoms with Gasteiger partial charge in [0.15, 0.2) is 0 Å². The van der Waals surface area contributed by atoms with Gasteiger partial charge in [-0.2, -0.15) is 0 Å². The molecule has 0 aromatic heterocycles. The summed E-state index contributed by atoms with van der Waals surface area (Å²) in [6, 6.07) is 1.39. The number of aromatic carboxylic acids is 1. The predicted octanol–water partition coefficient (Wildman–Crippen LogP) is 2.21. The van der Waals surface area contributed by atoms with Crippen molar-refractivity contribution in [1.82, 2.24) is 0 Å². The molecular weight excluding hydrogens is 314 g/mol. The van der Waals surface area contributed by atoms with Crippen molar-refractivity contribution in [2.75, 3.05) is 0 Å². The van der Waals surface area contributed by atoms with Crippen LogP contribution in [0, 0.1) is 5.82 Å². The van der Waals surface area contributed by atoms with E-state index in [2.05, 4.69) is 15.9 Å². The summed E-state index contributed by atoms with van der Waals surface area (Å²) in [6.45, 7) is 0. The molecule has 0 fully saturated rings. The normalized spacial score (nSPS) is 11.4. The van der Waals surface area contributed by atoms with E-state index in [4.69, 9.17) is 15.8 Å². The van der Waals surface area contributed by atoms with Gasteiger partial charge in [-0.1, -0.05) is 0 Å². The molecule has 0 saturated carbocycles. The van der Waals surface area contributed by atoms with E-state index >= 15 is 0 Å². The summed E-state index contributed by atoms with van der Waals surface area (Å²) in [5, 5.41) is 8.64. The Morgan fingerprint density at radius 3 is 2.40 bits per heavy atom. The fraction of sp³-hybridized carbons (Fsp3) is 0. The van der Waals surface area contributed by atoms with Crippen molar-refractivity contribution < 1.29 is 22.7 Å². The van der Waals surface area contributed by atoms with Crippen LogP contribution < -0.4 is 0 Å². The Labute approximate surface area is 97.2 Å². The SMILES string of the molecule is O=C(O)c1cc(F)c(Br)cc1S(=O)(=O)Cl. The van der Waals surface area contributed by atoms with Crippen molar-refractivity contribution in [3.63, 3.8) is 0 Å². The molecule has 0 radical (unpaired) electrons. The number of benzene rings is 1. The first-order valence-electron chi connectivity index (χ1n) is 3.40. The van der Waals surface area contributed by atoms with Crippen LogP contribution >= 0.6 is 26.6 Å². The molecule has 0 aliphatic heterocycles. The number of halogens is 3. The first kappa shape index (κ1) is 12.4. The van der Waals surface area contributed by atoms with Gasteiger partial charge < -0.3 is 5.11 Å². The van der Waals surface area contributed by atoms with Gasteiger partial charge in [-0.05, 0) is 28.1 Å². The van der Waals surface area contributed by atoms with Crippen LogP contribution in [0.25, 0.3) is 0 Å². The predicted molar refractivity (Wildman–Crippen MR) is 54.1 cm³/mol. The van der Waals surface area contributed by atoms with Crippen LogP contribution in [-0.2, 0) is 9.05 Å². The molecule has 4 nitrogen and oxygen atoms in total. The molecule has 1 rings (SSSR count). The Bertz CT molecular complexity index is 528. The monoisotopic (exact) mass is 316 g/mol. The zero-order valence-electron chi connectivity index (χ0n) is 6.87. The van der Waals surface area contributed by atoms with Gasteiger partial charge in [0.2, 0.25) is 0 Å². The minimum atomic E-state index is -4.22. The van der Waals surface area contributed by atoms with Crippen LogP contribution in [0.3, 0.4) is 0 Å². The van der Waals surface area contributed by atoms with Crippen LogP contribution in [0.2, 0.25) is 0 Å². The quantitative estimate of drug-likeness (QED) is 0.849. The third kappa shape index (κ3) is 2.67. The van der Waals surface area contributed by atoms with E-state index < -0.39 is 31.3 Å². The third-order valence-corrected chi connectivity index (χ3v) is 3.49. The Kier molecular flexibility index (Phi) is 3.37. The molecule has 0 heterocycles. The van der Waals surface area contributed by atoms with E-state index in [1.54, 1.807) is 0 Å². The molecule has 8 heteroatoms. The minimum absolute atomic E-state index is 0.174. The van der Waals surface area contributed by atoms with E-state index in [0.29, 0.717) is 6.07 Å². The standard InChI is InChI=1S/C7H3BrClFO4S/c8-4-2-6(15(9,13)14)3(7(11)12)1-5(4)10/h1-2H,(H,11,12). The van der Waals surface area contributed by atoms with E-state index in [0.717, 1.165) is 6.07 Å². The number of rotatable bonds is 2. The summed E-state index contributed by atoms with van der Waals surface area (Å²) < 4.78 is 34.7. The van der Waals surface area contributed by atoms with Gasteiger partial charge in [-0.3, -0.25) is 0 Å². The second kappa shape index (κ2) is 4.07. The molecule has 82 valence electrons. The maximum atomic E-state index is 13.0. The van der Waals surface area contributed by atoms with Crippen molar-refractivity contribution in [2.45, 2.75) is 4.90 Å². The molecule has 0 bridgehead atoms. The molecule has 0 aliphatic rings. The average molecular weight is 318 g/mol. The molecule has 1 aromatic rings. The average Bonchev–Trinajstić information content (AvgIpc) is 2.06. The highest BCUT2D eigenvalue weighted by Gasteiger charge is 2.22. The first-order chi connectivity index (χ1) is 6.73. The molecule has 15 heavy (non-hydrogen) atoms. The second-order valence-electron chi connectivity index (χ2n) is 2.51. The molecule has 0 saturated heterocycles. The fourth-order valence-corrected chi connectivity index (χ4v) is 2.44. The highest BCUT2D eigenvalue weighted by atomic mass is 79.9. The highest BCUT2D eigenvalue weighted by Crippen LogP contribution is 2.26. The van der Waals surface area contributed by atoms with Gasteiger partial charge in [0.05, 0.1) is 14.9 Å². The summed E-state index contributed by atoms with van der Waals surface area (Å²) in [5.74, 6) is -2.45. The van der Waals surface area contributed by atoms with Crippen molar-refractivity contribution in [3.05, 3.63) is 28.0 Å². The molecule has 1 aromatic carbocycles. The van der Waals surface area contributed by atoms with E-state index in [1.807, 2.05) is 0 Å². The number of carbonyl (C=O) groups is 1. The lowest BCUT2D eigenvalue weighted by Crippen LogP contribution is -2.06. The van der Waals surface area contributed by atoms with Crippen molar-refractivity contribution in [1.29, 1.82) is 0 Å². The van der Waals surface area contributed by atoms with Crippen molar-refractivity contribution >= 4 is 41.6 Å². The maximum Gasteiger partial charge on any atom is 0.337 e. The Balaban J connectivity index is 3.64. The zero-order chi connectivity index (χ0) is 11.8. The smallest absolute Gasteiger partial charge is 0.337 e. The lowest BCUT2D eigenvalue weighted by atomic mass is 10.2. The van der Waals surface area contributed by atoms with Crippen molar-refractivity contribution in [2.24, 2.45) is 0 Å². The molecule has 0 unspecified atom stereocenters. The number of hydrogen-bond donors (Lipinski definition) is 1. The largest absolute Gasteiger partial charge is 0.478 e. The third-order valence-electron chi connectivity index (χ3n) is 1.52. The van der Waals surface area contributed by atoms with Gasteiger partial charge in [-0.15, -0.1) is 0 Å². The number of carboxylic acid groups (broad SMARTS) is 1. The zero-order valence-corrected chi connectivity index (χ0v) is 10.0. The topological polar surface area (TPSA) is 71.4 Å². The van der Waals surface area contributed by atoms with Gasteiger partial charge >= 0.3 is 5.97 Å². The van der Waals surface area contributed by atoms with Crippen LogP contribution in [0.15, 0.2) is 21.5 Å². The van der Waals surface area contributed by atoms with Gasteiger partial charge in [0.1, 0.15) is 5.82 Å². The summed E-state index contributed by atoms with van der Waals surface area (Å²) in [4.78, 5) is 9.98. The number of carboxylic acids is 1. The fourth-order valence-electron chi connectivity index (χ4n) is 0.897. The summed E-state index contributed by atoms with van der Waals surface area (Å²) in [6.07, 6.45) is 0.